The van der Waals surface area contributed by atoms with Crippen molar-refractivity contribution in [1.82, 2.24) is 10.2 Å². The van der Waals surface area contributed by atoms with Crippen LogP contribution in [-0.2, 0) is 32.6 Å². The molecule has 1 N–H and O–H groups in total. The number of carbonyl (C=O) groups is 2. The Balaban J connectivity index is 1.78. The Hall–Kier alpha value is -4.15. The summed E-state index contributed by atoms with van der Waals surface area (Å²) in [6.07, 6.45) is 3.76. The lowest BCUT2D eigenvalue weighted by atomic mass is 10.0. The highest BCUT2D eigenvalue weighted by Crippen LogP contribution is 2.27. The molecule has 4 aromatic carbocycles. The van der Waals surface area contributed by atoms with Crippen molar-refractivity contribution in [3.8, 4) is 0 Å². The van der Waals surface area contributed by atoms with Gasteiger partial charge in [-0.15, -0.1) is 11.8 Å². The molecule has 0 saturated heterocycles. The number of benzene rings is 4. The third-order valence-corrected chi connectivity index (χ3v) is 10.1. The SMILES string of the molecule is CCCCNC(=O)[C@H](Cc1ccccc1)N(Cc1ccc(F)cc1)C(=O)CN(c1ccc(C)cc1)S(=O)(=O)c1ccc(SC)cc1. The van der Waals surface area contributed by atoms with Gasteiger partial charge in [-0.1, -0.05) is 73.5 Å². The van der Waals surface area contributed by atoms with Crippen molar-refractivity contribution < 1.29 is 22.4 Å². The lowest BCUT2D eigenvalue weighted by molar-refractivity contribution is -0.140. The number of sulfonamides is 1. The van der Waals surface area contributed by atoms with Gasteiger partial charge in [0.25, 0.3) is 10.0 Å². The summed E-state index contributed by atoms with van der Waals surface area (Å²) >= 11 is 1.49. The van der Waals surface area contributed by atoms with Crippen LogP contribution in [0.4, 0.5) is 10.1 Å². The molecule has 0 unspecified atom stereocenters. The van der Waals surface area contributed by atoms with Crippen molar-refractivity contribution in [2.45, 2.75) is 55.5 Å². The van der Waals surface area contributed by atoms with Gasteiger partial charge in [-0.2, -0.15) is 0 Å². The third-order valence-electron chi connectivity index (χ3n) is 7.62. The molecule has 242 valence electrons. The van der Waals surface area contributed by atoms with Gasteiger partial charge in [-0.05, 0) is 79.3 Å². The Morgan fingerprint density at radius 1 is 0.870 bits per heavy atom. The molecule has 0 aliphatic rings. The summed E-state index contributed by atoms with van der Waals surface area (Å²) in [5.74, 6) is -1.34. The second-order valence-electron chi connectivity index (χ2n) is 11.0. The van der Waals surface area contributed by atoms with Gasteiger partial charge in [0.1, 0.15) is 18.4 Å². The van der Waals surface area contributed by atoms with E-state index in [1.807, 2.05) is 50.4 Å². The Morgan fingerprint density at radius 2 is 1.52 bits per heavy atom. The van der Waals surface area contributed by atoms with Crippen molar-refractivity contribution >= 4 is 39.3 Å². The van der Waals surface area contributed by atoms with E-state index in [-0.39, 0.29) is 23.8 Å². The maximum Gasteiger partial charge on any atom is 0.264 e. The Kier molecular flexibility index (Phi) is 12.4. The van der Waals surface area contributed by atoms with Crippen molar-refractivity contribution in [2.24, 2.45) is 0 Å². The zero-order valence-corrected chi connectivity index (χ0v) is 28.0. The monoisotopic (exact) mass is 661 g/mol. The van der Waals surface area contributed by atoms with Crippen molar-refractivity contribution in [3.05, 3.63) is 126 Å². The number of unbranched alkanes of at least 4 members (excludes halogenated alkanes) is 1. The minimum atomic E-state index is -4.19. The van der Waals surface area contributed by atoms with Gasteiger partial charge in [-0.3, -0.25) is 13.9 Å². The highest BCUT2D eigenvalue weighted by atomic mass is 32.2. The van der Waals surface area contributed by atoms with Crippen molar-refractivity contribution in [2.75, 3.05) is 23.7 Å². The largest absolute Gasteiger partial charge is 0.354 e. The predicted molar refractivity (Wildman–Crippen MR) is 183 cm³/mol. The molecule has 1 atom stereocenters. The summed E-state index contributed by atoms with van der Waals surface area (Å²) in [6.45, 7) is 3.78. The van der Waals surface area contributed by atoms with Crippen LogP contribution < -0.4 is 9.62 Å². The summed E-state index contributed by atoms with van der Waals surface area (Å²) in [6, 6.07) is 27.5. The number of hydrogen-bond donors (Lipinski definition) is 1. The van der Waals surface area contributed by atoms with Crippen LogP contribution in [0.25, 0.3) is 0 Å². The number of hydrogen-bond acceptors (Lipinski definition) is 5. The number of thioether (sulfide) groups is 1. The topological polar surface area (TPSA) is 86.8 Å². The van der Waals surface area contributed by atoms with E-state index in [9.17, 15) is 22.4 Å². The highest BCUT2D eigenvalue weighted by molar-refractivity contribution is 7.98. The molecule has 0 aliphatic heterocycles. The highest BCUT2D eigenvalue weighted by Gasteiger charge is 2.34. The molecule has 0 saturated carbocycles. The van der Waals surface area contributed by atoms with Gasteiger partial charge in [-0.25, -0.2) is 12.8 Å². The fraction of sp³-hybridized carbons (Fsp3) is 0.278. The van der Waals surface area contributed by atoms with Crippen LogP contribution in [0.5, 0.6) is 0 Å². The first-order valence-corrected chi connectivity index (χ1v) is 17.9. The third kappa shape index (κ3) is 9.20. The summed E-state index contributed by atoms with van der Waals surface area (Å²) in [5.41, 5.74) is 2.70. The van der Waals surface area contributed by atoms with Gasteiger partial charge in [0, 0.05) is 24.4 Å². The fourth-order valence-corrected chi connectivity index (χ4v) is 6.78. The molecular formula is C36H40FN3O4S2. The predicted octanol–water partition coefficient (Wildman–Crippen LogP) is 6.61. The minimum Gasteiger partial charge on any atom is -0.354 e. The van der Waals surface area contributed by atoms with E-state index in [4.69, 9.17) is 0 Å². The fourth-order valence-electron chi connectivity index (χ4n) is 4.96. The summed E-state index contributed by atoms with van der Waals surface area (Å²) in [4.78, 5) is 30.6. The molecule has 46 heavy (non-hydrogen) atoms. The number of halogens is 1. The average molecular weight is 662 g/mol. The van der Waals surface area contributed by atoms with Crippen LogP contribution in [-0.4, -0.2) is 50.5 Å². The van der Waals surface area contributed by atoms with E-state index >= 15 is 0 Å². The van der Waals surface area contributed by atoms with Gasteiger partial charge < -0.3 is 10.2 Å². The smallest absolute Gasteiger partial charge is 0.264 e. The number of carbonyl (C=O) groups excluding carboxylic acids is 2. The molecule has 0 radical (unpaired) electrons. The van der Waals surface area contributed by atoms with E-state index in [0.717, 1.165) is 33.2 Å². The first-order valence-electron chi connectivity index (χ1n) is 15.2. The molecule has 4 rings (SSSR count). The maximum absolute atomic E-state index is 14.5. The number of nitrogens with zero attached hydrogens (tertiary/aromatic N) is 2. The number of rotatable bonds is 15. The molecule has 0 fully saturated rings. The maximum atomic E-state index is 14.5. The van der Waals surface area contributed by atoms with E-state index < -0.39 is 34.3 Å². The van der Waals surface area contributed by atoms with Gasteiger partial charge in [0.05, 0.1) is 10.6 Å². The second-order valence-corrected chi connectivity index (χ2v) is 13.8. The van der Waals surface area contributed by atoms with Crippen LogP contribution in [0.2, 0.25) is 0 Å². The van der Waals surface area contributed by atoms with Gasteiger partial charge in [0.2, 0.25) is 11.8 Å². The molecule has 0 aromatic heterocycles. The minimum absolute atomic E-state index is 0.0258. The molecule has 4 aromatic rings. The quantitative estimate of drug-likeness (QED) is 0.115. The van der Waals surface area contributed by atoms with Crippen LogP contribution in [0.1, 0.15) is 36.5 Å². The molecule has 0 aliphatic carbocycles. The van der Waals surface area contributed by atoms with Gasteiger partial charge in [0.15, 0.2) is 0 Å². The second kappa shape index (κ2) is 16.4. The van der Waals surface area contributed by atoms with Crippen LogP contribution >= 0.6 is 11.8 Å². The van der Waals surface area contributed by atoms with Crippen LogP contribution in [0.3, 0.4) is 0 Å². The van der Waals surface area contributed by atoms with E-state index in [0.29, 0.717) is 17.8 Å². The van der Waals surface area contributed by atoms with Crippen LogP contribution in [0.15, 0.2) is 113 Å². The van der Waals surface area contributed by atoms with E-state index in [1.54, 1.807) is 48.5 Å². The molecular weight excluding hydrogens is 622 g/mol. The molecule has 2 amide bonds. The zero-order chi connectivity index (χ0) is 33.1. The van der Waals surface area contributed by atoms with E-state index in [1.165, 1.54) is 40.9 Å². The number of nitrogens with one attached hydrogen (secondary N) is 1. The standard InChI is InChI=1S/C36H40FN3O4S2/c1-4-5-23-38-36(42)34(24-28-9-7-6-8-10-28)39(25-29-13-15-30(37)16-14-29)35(41)26-40(31-17-11-27(2)12-18-31)46(43,44)33-21-19-32(45-3)20-22-33/h6-22,34H,4-5,23-26H2,1-3H3,(H,38,42)/t34-/m0/s1. The molecule has 0 spiro atoms. The molecule has 7 nitrogen and oxygen atoms in total. The van der Waals surface area contributed by atoms with Crippen LogP contribution in [0, 0.1) is 12.7 Å². The molecule has 0 bridgehead atoms. The molecule has 10 heteroatoms. The Morgan fingerprint density at radius 3 is 2.13 bits per heavy atom. The first-order chi connectivity index (χ1) is 22.1. The lowest BCUT2D eigenvalue weighted by Gasteiger charge is -2.34. The van der Waals surface area contributed by atoms with Crippen molar-refractivity contribution in [1.29, 1.82) is 0 Å². The van der Waals surface area contributed by atoms with Gasteiger partial charge >= 0.3 is 0 Å². The first kappa shape index (κ1) is 34.7. The number of aryl methyl sites for hydroxylation is 1. The summed E-state index contributed by atoms with van der Waals surface area (Å²) in [7, 11) is -4.19. The average Bonchev–Trinajstić information content (AvgIpc) is 3.07. The number of anilines is 1. The lowest BCUT2D eigenvalue weighted by Crippen LogP contribution is -2.53. The van der Waals surface area contributed by atoms with Crippen molar-refractivity contribution in [3.63, 3.8) is 0 Å². The zero-order valence-electron chi connectivity index (χ0n) is 26.4. The number of amides is 2. The summed E-state index contributed by atoms with van der Waals surface area (Å²) < 4.78 is 43.3. The molecule has 0 heterocycles. The summed E-state index contributed by atoms with van der Waals surface area (Å²) in [5, 5.41) is 2.97. The Bertz CT molecular complexity index is 1680. The Labute approximate surface area is 275 Å². The van der Waals surface area contributed by atoms with E-state index in [2.05, 4.69) is 5.32 Å². The normalized spacial score (nSPS) is 11.9.